The first-order valence-electron chi connectivity index (χ1n) is 7.83. The van der Waals surface area contributed by atoms with Crippen LogP contribution in [0.2, 0.25) is 0 Å². The molecule has 0 aliphatic carbocycles. The fourth-order valence-corrected chi connectivity index (χ4v) is 3.44. The average Bonchev–Trinajstić information content (AvgIpc) is 2.52. The topological polar surface area (TPSA) is 63.4 Å². The lowest BCUT2D eigenvalue weighted by Crippen LogP contribution is -2.44. The van der Waals surface area contributed by atoms with Gasteiger partial charge in [-0.3, -0.25) is 9.59 Å². The molecule has 5 heteroatoms. The van der Waals surface area contributed by atoms with E-state index in [0.29, 0.717) is 25.9 Å². The highest BCUT2D eigenvalue weighted by Gasteiger charge is 2.29. The lowest BCUT2D eigenvalue weighted by Gasteiger charge is -2.33. The summed E-state index contributed by atoms with van der Waals surface area (Å²) in [6.07, 6.45) is 2.95. The van der Waals surface area contributed by atoms with Crippen LogP contribution in [-0.2, 0) is 16.0 Å². The number of primary amides is 1. The number of halogens is 1. The van der Waals surface area contributed by atoms with Gasteiger partial charge in [-0.15, -0.1) is 0 Å². The lowest BCUT2D eigenvalue weighted by molar-refractivity contribution is -0.138. The van der Waals surface area contributed by atoms with Crippen LogP contribution in [0.3, 0.4) is 0 Å². The Morgan fingerprint density at radius 2 is 2.05 bits per heavy atom. The Labute approximate surface area is 140 Å². The first-order chi connectivity index (χ1) is 10.5. The predicted molar refractivity (Wildman–Crippen MR) is 90.1 cm³/mol. The van der Waals surface area contributed by atoms with Gasteiger partial charge in [0.25, 0.3) is 0 Å². The molecule has 0 bridgehead atoms. The Morgan fingerprint density at radius 1 is 1.36 bits per heavy atom. The summed E-state index contributed by atoms with van der Waals surface area (Å²) in [7, 11) is 0. The molecule has 120 valence electrons. The molecule has 4 nitrogen and oxygen atoms in total. The molecule has 1 aliphatic heterocycles. The molecule has 1 saturated heterocycles. The molecule has 2 rings (SSSR count). The predicted octanol–water partition coefficient (Wildman–Crippen LogP) is 2.74. The second kappa shape index (κ2) is 7.77. The molecule has 2 N–H and O–H groups in total. The molecule has 1 aromatic carbocycles. The van der Waals surface area contributed by atoms with Gasteiger partial charge in [-0.1, -0.05) is 35.0 Å². The van der Waals surface area contributed by atoms with Crippen LogP contribution in [0.15, 0.2) is 28.7 Å². The number of likely N-dealkylation sites (tertiary alicyclic amines) is 1. The van der Waals surface area contributed by atoms with Gasteiger partial charge in [-0.2, -0.15) is 0 Å². The molecule has 0 saturated carbocycles. The van der Waals surface area contributed by atoms with Crippen molar-refractivity contribution in [2.75, 3.05) is 13.1 Å². The van der Waals surface area contributed by atoms with Gasteiger partial charge >= 0.3 is 0 Å². The second-order valence-electron chi connectivity index (χ2n) is 5.94. The SMILES string of the molecule is CCC(Cc1cccc(Br)c1)C(=O)N1CCC(C(N)=O)CC1. The fourth-order valence-electron chi connectivity index (χ4n) is 3.00. The third-order valence-electron chi connectivity index (χ3n) is 4.42. The van der Waals surface area contributed by atoms with Crippen molar-refractivity contribution in [2.24, 2.45) is 17.6 Å². The maximum absolute atomic E-state index is 12.7. The number of hydrogen-bond donors (Lipinski definition) is 1. The highest BCUT2D eigenvalue weighted by atomic mass is 79.9. The molecule has 1 aromatic rings. The highest BCUT2D eigenvalue weighted by Crippen LogP contribution is 2.22. The third kappa shape index (κ3) is 4.32. The van der Waals surface area contributed by atoms with Crippen LogP contribution in [0, 0.1) is 11.8 Å². The van der Waals surface area contributed by atoms with Gasteiger partial charge in [-0.05, 0) is 43.4 Å². The number of rotatable bonds is 5. The number of piperidine rings is 1. The lowest BCUT2D eigenvalue weighted by atomic mass is 9.92. The van der Waals surface area contributed by atoms with E-state index in [1.165, 1.54) is 5.56 Å². The van der Waals surface area contributed by atoms with Gasteiger partial charge in [0.05, 0.1) is 0 Å². The van der Waals surface area contributed by atoms with E-state index in [0.717, 1.165) is 17.3 Å². The minimum Gasteiger partial charge on any atom is -0.369 e. The highest BCUT2D eigenvalue weighted by molar-refractivity contribution is 9.10. The van der Waals surface area contributed by atoms with Crippen LogP contribution in [-0.4, -0.2) is 29.8 Å². The molecule has 1 fully saturated rings. The zero-order valence-electron chi connectivity index (χ0n) is 12.9. The summed E-state index contributed by atoms with van der Waals surface area (Å²) in [5.41, 5.74) is 6.51. The Bertz CT molecular complexity index is 539. The molecule has 1 heterocycles. The van der Waals surface area contributed by atoms with E-state index < -0.39 is 0 Å². The van der Waals surface area contributed by atoms with E-state index in [9.17, 15) is 9.59 Å². The Morgan fingerprint density at radius 3 is 2.59 bits per heavy atom. The summed E-state index contributed by atoms with van der Waals surface area (Å²) in [4.78, 5) is 25.8. The number of amides is 2. The van der Waals surface area contributed by atoms with Crippen molar-refractivity contribution < 1.29 is 9.59 Å². The molecule has 0 aromatic heterocycles. The van der Waals surface area contributed by atoms with E-state index in [-0.39, 0.29) is 23.7 Å². The van der Waals surface area contributed by atoms with Crippen molar-refractivity contribution >= 4 is 27.7 Å². The molecule has 22 heavy (non-hydrogen) atoms. The number of hydrogen-bond acceptors (Lipinski definition) is 2. The summed E-state index contributed by atoms with van der Waals surface area (Å²) in [5.74, 6) is -0.118. The first-order valence-corrected chi connectivity index (χ1v) is 8.63. The van der Waals surface area contributed by atoms with E-state index in [1.54, 1.807) is 0 Å². The quantitative estimate of drug-likeness (QED) is 0.870. The maximum Gasteiger partial charge on any atom is 0.226 e. The number of carbonyl (C=O) groups excluding carboxylic acids is 2. The molecule has 0 radical (unpaired) electrons. The number of carbonyl (C=O) groups is 2. The van der Waals surface area contributed by atoms with Crippen LogP contribution in [0.1, 0.15) is 31.7 Å². The smallest absolute Gasteiger partial charge is 0.226 e. The van der Waals surface area contributed by atoms with Crippen LogP contribution >= 0.6 is 15.9 Å². The molecular weight excluding hydrogens is 344 g/mol. The summed E-state index contributed by atoms with van der Waals surface area (Å²) >= 11 is 3.47. The monoisotopic (exact) mass is 366 g/mol. The zero-order valence-corrected chi connectivity index (χ0v) is 14.5. The normalized spacial score (nSPS) is 17.3. The van der Waals surface area contributed by atoms with Crippen LogP contribution in [0.4, 0.5) is 0 Å². The van der Waals surface area contributed by atoms with Crippen molar-refractivity contribution in [1.29, 1.82) is 0 Å². The van der Waals surface area contributed by atoms with Crippen LogP contribution in [0.5, 0.6) is 0 Å². The first kappa shape index (κ1) is 17.0. The summed E-state index contributed by atoms with van der Waals surface area (Å²) in [6, 6.07) is 8.10. The van der Waals surface area contributed by atoms with Crippen molar-refractivity contribution in [3.8, 4) is 0 Å². The van der Waals surface area contributed by atoms with E-state index in [1.807, 2.05) is 17.0 Å². The largest absolute Gasteiger partial charge is 0.369 e. The summed E-state index contributed by atoms with van der Waals surface area (Å²) in [6.45, 7) is 3.33. The van der Waals surface area contributed by atoms with Crippen molar-refractivity contribution in [3.63, 3.8) is 0 Å². The average molecular weight is 367 g/mol. The van der Waals surface area contributed by atoms with Gasteiger partial charge < -0.3 is 10.6 Å². The van der Waals surface area contributed by atoms with E-state index in [4.69, 9.17) is 5.73 Å². The maximum atomic E-state index is 12.7. The van der Waals surface area contributed by atoms with Gasteiger partial charge in [-0.25, -0.2) is 0 Å². The minimum absolute atomic E-state index is 0.000530. The second-order valence-corrected chi connectivity index (χ2v) is 6.86. The van der Waals surface area contributed by atoms with Crippen molar-refractivity contribution in [1.82, 2.24) is 4.90 Å². The fraction of sp³-hybridized carbons (Fsp3) is 0.529. The minimum atomic E-state index is -0.242. The van der Waals surface area contributed by atoms with E-state index in [2.05, 4.69) is 35.0 Å². The Hall–Kier alpha value is -1.36. The zero-order chi connectivity index (χ0) is 16.1. The van der Waals surface area contributed by atoms with Gasteiger partial charge in [0.1, 0.15) is 0 Å². The number of nitrogens with two attached hydrogens (primary N) is 1. The Balaban J connectivity index is 1.96. The molecule has 0 spiro atoms. The summed E-state index contributed by atoms with van der Waals surface area (Å²) < 4.78 is 1.04. The number of nitrogens with zero attached hydrogens (tertiary/aromatic N) is 1. The molecular formula is C17H23BrN2O2. The van der Waals surface area contributed by atoms with Crippen molar-refractivity contribution in [3.05, 3.63) is 34.3 Å². The molecule has 1 aliphatic rings. The molecule has 1 atom stereocenters. The van der Waals surface area contributed by atoms with Crippen LogP contribution in [0.25, 0.3) is 0 Å². The van der Waals surface area contributed by atoms with Gasteiger partial charge in [0.15, 0.2) is 0 Å². The Kier molecular flexibility index (Phi) is 6.00. The molecule has 2 amide bonds. The van der Waals surface area contributed by atoms with Gasteiger partial charge in [0, 0.05) is 29.4 Å². The third-order valence-corrected chi connectivity index (χ3v) is 4.92. The van der Waals surface area contributed by atoms with Gasteiger partial charge in [0.2, 0.25) is 11.8 Å². The van der Waals surface area contributed by atoms with Crippen LogP contribution < -0.4 is 5.73 Å². The van der Waals surface area contributed by atoms with E-state index >= 15 is 0 Å². The summed E-state index contributed by atoms with van der Waals surface area (Å²) in [5, 5.41) is 0. The standard InChI is InChI=1S/C17H23BrN2O2/c1-2-13(10-12-4-3-5-15(18)11-12)17(22)20-8-6-14(7-9-20)16(19)21/h3-5,11,13-14H,2,6-10H2,1H3,(H2,19,21). The molecule has 1 unspecified atom stereocenters. The van der Waals surface area contributed by atoms with Crippen molar-refractivity contribution in [2.45, 2.75) is 32.6 Å². The number of benzene rings is 1.